The van der Waals surface area contributed by atoms with Crippen molar-refractivity contribution in [3.8, 4) is 0 Å². The summed E-state index contributed by atoms with van der Waals surface area (Å²) in [5.74, 6) is 0.0611. The summed E-state index contributed by atoms with van der Waals surface area (Å²) in [5.41, 5.74) is 4.77. The maximum atomic E-state index is 12.8. The summed E-state index contributed by atoms with van der Waals surface area (Å²) in [5, 5.41) is 0.758. The lowest BCUT2D eigenvalue weighted by Gasteiger charge is -2.33. The highest BCUT2D eigenvalue weighted by atomic mass is 35.5. The Bertz CT molecular complexity index is 1030. The molecule has 1 atom stereocenters. The molecule has 6 heteroatoms. The molecule has 30 heavy (non-hydrogen) atoms. The predicted molar refractivity (Wildman–Crippen MR) is 116 cm³/mol. The first-order chi connectivity index (χ1) is 14.6. The van der Waals surface area contributed by atoms with Gasteiger partial charge in [-0.05, 0) is 54.8 Å². The summed E-state index contributed by atoms with van der Waals surface area (Å²) in [6.45, 7) is 3.55. The number of aryl methyl sites for hydroxylation is 1. The van der Waals surface area contributed by atoms with Gasteiger partial charge < -0.3 is 9.64 Å². The molecule has 1 unspecified atom stereocenters. The van der Waals surface area contributed by atoms with Crippen LogP contribution in [0.15, 0.2) is 60.8 Å². The van der Waals surface area contributed by atoms with Crippen LogP contribution in [0.25, 0.3) is 0 Å². The van der Waals surface area contributed by atoms with Gasteiger partial charge in [-0.1, -0.05) is 35.9 Å². The van der Waals surface area contributed by atoms with Gasteiger partial charge in [0.15, 0.2) is 0 Å². The topological polar surface area (TPSA) is 55.3 Å². The van der Waals surface area contributed by atoms with Crippen LogP contribution in [-0.2, 0) is 22.4 Å². The lowest BCUT2D eigenvalue weighted by Crippen LogP contribution is -2.43. The van der Waals surface area contributed by atoms with Crippen LogP contribution in [0.3, 0.4) is 0 Å². The molecule has 5 nitrogen and oxygen atoms in total. The number of pyridine rings is 2. The highest BCUT2D eigenvalue weighted by Gasteiger charge is 2.27. The standard InChI is InChI=1S/C24H24ClN3O2/c1-17-12-18(13-19-6-2-3-8-21(19)25)14-22(27-17)23-16-28(10-11-30-23)24(29)15-20-7-4-5-9-26-20/h2-9,12,14,23H,10-11,13,15-16H2,1H3. The maximum Gasteiger partial charge on any atom is 0.228 e. The smallest absolute Gasteiger partial charge is 0.228 e. The van der Waals surface area contributed by atoms with Gasteiger partial charge in [-0.25, -0.2) is 0 Å². The van der Waals surface area contributed by atoms with Crippen LogP contribution in [0.1, 0.15) is 34.3 Å². The first kappa shape index (κ1) is 20.5. The van der Waals surface area contributed by atoms with E-state index >= 15 is 0 Å². The largest absolute Gasteiger partial charge is 0.368 e. The Labute approximate surface area is 181 Å². The second-order valence-electron chi connectivity index (χ2n) is 7.51. The molecular weight excluding hydrogens is 398 g/mol. The van der Waals surface area contributed by atoms with E-state index in [1.54, 1.807) is 6.20 Å². The molecule has 1 fully saturated rings. The monoisotopic (exact) mass is 421 g/mol. The summed E-state index contributed by atoms with van der Waals surface area (Å²) >= 11 is 6.33. The third-order valence-electron chi connectivity index (χ3n) is 5.19. The third-order valence-corrected chi connectivity index (χ3v) is 5.56. The molecule has 4 rings (SSSR count). The number of aromatic nitrogens is 2. The summed E-state index contributed by atoms with van der Waals surface area (Å²) in [6.07, 6.45) is 2.50. The Morgan fingerprint density at radius 1 is 1.20 bits per heavy atom. The summed E-state index contributed by atoms with van der Waals surface area (Å²) in [4.78, 5) is 23.6. The molecule has 2 aromatic heterocycles. The zero-order valence-corrected chi connectivity index (χ0v) is 17.7. The Hall–Kier alpha value is -2.76. The van der Waals surface area contributed by atoms with E-state index in [4.69, 9.17) is 21.3 Å². The number of ether oxygens (including phenoxy) is 1. The average Bonchev–Trinajstić information content (AvgIpc) is 2.76. The van der Waals surface area contributed by atoms with Crippen molar-refractivity contribution in [1.29, 1.82) is 0 Å². The van der Waals surface area contributed by atoms with Gasteiger partial charge in [0.05, 0.1) is 25.3 Å². The number of halogens is 1. The van der Waals surface area contributed by atoms with Crippen LogP contribution in [0, 0.1) is 6.92 Å². The molecule has 0 saturated carbocycles. The fourth-order valence-corrected chi connectivity index (χ4v) is 3.92. The fraction of sp³-hybridized carbons (Fsp3) is 0.292. The molecule has 0 aliphatic carbocycles. The molecule has 1 amide bonds. The molecule has 1 aliphatic heterocycles. The molecule has 3 heterocycles. The lowest BCUT2D eigenvalue weighted by atomic mass is 10.0. The van der Waals surface area contributed by atoms with Crippen LogP contribution in [0.2, 0.25) is 5.02 Å². The second kappa shape index (κ2) is 9.37. The minimum atomic E-state index is -0.240. The van der Waals surface area contributed by atoms with Gasteiger partial charge in [-0.3, -0.25) is 14.8 Å². The van der Waals surface area contributed by atoms with Crippen molar-refractivity contribution in [1.82, 2.24) is 14.9 Å². The van der Waals surface area contributed by atoms with Crippen LogP contribution < -0.4 is 0 Å². The van der Waals surface area contributed by atoms with Gasteiger partial charge in [0.2, 0.25) is 5.91 Å². The number of amides is 1. The number of benzene rings is 1. The zero-order chi connectivity index (χ0) is 20.9. The van der Waals surface area contributed by atoms with E-state index in [1.807, 2.05) is 54.3 Å². The van der Waals surface area contributed by atoms with Crippen molar-refractivity contribution in [3.05, 3.63) is 94.0 Å². The van der Waals surface area contributed by atoms with Gasteiger partial charge in [0.25, 0.3) is 0 Å². The number of morpholine rings is 1. The molecule has 0 N–H and O–H groups in total. The Morgan fingerprint density at radius 2 is 2.03 bits per heavy atom. The highest BCUT2D eigenvalue weighted by Crippen LogP contribution is 2.25. The lowest BCUT2D eigenvalue weighted by molar-refractivity contribution is -0.138. The van der Waals surface area contributed by atoms with E-state index in [2.05, 4.69) is 17.1 Å². The first-order valence-electron chi connectivity index (χ1n) is 10.1. The molecule has 0 radical (unpaired) electrons. The van der Waals surface area contributed by atoms with Crippen molar-refractivity contribution in [2.24, 2.45) is 0 Å². The maximum absolute atomic E-state index is 12.8. The van der Waals surface area contributed by atoms with Gasteiger partial charge in [0, 0.05) is 29.2 Å². The van der Waals surface area contributed by atoms with E-state index in [-0.39, 0.29) is 12.0 Å². The molecule has 1 aliphatic rings. The fourth-order valence-electron chi connectivity index (χ4n) is 3.72. The minimum Gasteiger partial charge on any atom is -0.368 e. The van der Waals surface area contributed by atoms with Gasteiger partial charge in [-0.2, -0.15) is 0 Å². The molecule has 0 bridgehead atoms. The first-order valence-corrected chi connectivity index (χ1v) is 10.5. The number of hydrogen-bond donors (Lipinski definition) is 0. The average molecular weight is 422 g/mol. The second-order valence-corrected chi connectivity index (χ2v) is 7.91. The quantitative estimate of drug-likeness (QED) is 0.620. The third kappa shape index (κ3) is 5.04. The van der Waals surface area contributed by atoms with E-state index in [1.165, 1.54) is 0 Å². The van der Waals surface area contributed by atoms with E-state index in [0.717, 1.165) is 39.7 Å². The van der Waals surface area contributed by atoms with Crippen LogP contribution in [0.5, 0.6) is 0 Å². The number of carbonyl (C=O) groups excluding carboxylic acids is 1. The van der Waals surface area contributed by atoms with Crippen LogP contribution in [-0.4, -0.2) is 40.5 Å². The number of rotatable bonds is 5. The van der Waals surface area contributed by atoms with Gasteiger partial charge in [0.1, 0.15) is 6.10 Å². The zero-order valence-electron chi connectivity index (χ0n) is 16.9. The Balaban J connectivity index is 1.48. The molecule has 3 aromatic rings. The highest BCUT2D eigenvalue weighted by molar-refractivity contribution is 6.31. The number of nitrogens with zero attached hydrogens (tertiary/aromatic N) is 3. The van der Waals surface area contributed by atoms with Gasteiger partial charge in [-0.15, -0.1) is 0 Å². The predicted octanol–water partition coefficient (Wildman–Crippen LogP) is 4.17. The summed E-state index contributed by atoms with van der Waals surface area (Å²) < 4.78 is 5.98. The Morgan fingerprint density at radius 3 is 2.83 bits per heavy atom. The SMILES string of the molecule is Cc1cc(Cc2ccccc2Cl)cc(C2CN(C(=O)Cc3ccccn3)CCO2)n1. The van der Waals surface area contributed by atoms with E-state index in [0.29, 0.717) is 26.1 Å². The van der Waals surface area contributed by atoms with Gasteiger partial charge >= 0.3 is 0 Å². The summed E-state index contributed by atoms with van der Waals surface area (Å²) in [7, 11) is 0. The van der Waals surface area contributed by atoms with Crippen molar-refractivity contribution >= 4 is 17.5 Å². The molecular formula is C24H24ClN3O2. The number of hydrogen-bond acceptors (Lipinski definition) is 4. The molecule has 1 aromatic carbocycles. The molecule has 1 saturated heterocycles. The van der Waals surface area contributed by atoms with Crippen LogP contribution >= 0.6 is 11.6 Å². The molecule has 0 spiro atoms. The summed E-state index contributed by atoms with van der Waals surface area (Å²) in [6, 6.07) is 17.6. The molecule has 154 valence electrons. The van der Waals surface area contributed by atoms with Crippen molar-refractivity contribution < 1.29 is 9.53 Å². The minimum absolute atomic E-state index is 0.0611. The van der Waals surface area contributed by atoms with E-state index < -0.39 is 0 Å². The van der Waals surface area contributed by atoms with Crippen molar-refractivity contribution in [2.75, 3.05) is 19.7 Å². The van der Waals surface area contributed by atoms with E-state index in [9.17, 15) is 4.79 Å². The number of carbonyl (C=O) groups is 1. The Kier molecular flexibility index (Phi) is 6.41. The van der Waals surface area contributed by atoms with Crippen molar-refractivity contribution in [2.45, 2.75) is 25.9 Å². The van der Waals surface area contributed by atoms with Crippen molar-refractivity contribution in [3.63, 3.8) is 0 Å². The van der Waals surface area contributed by atoms with Crippen LogP contribution in [0.4, 0.5) is 0 Å². The normalized spacial score (nSPS) is 16.5.